The van der Waals surface area contributed by atoms with Crippen molar-refractivity contribution in [1.82, 2.24) is 9.78 Å². The molecule has 1 heterocycles. The second kappa shape index (κ2) is 6.59. The molecule has 0 saturated heterocycles. The maximum absolute atomic E-state index is 11.2. The number of nitrogen functional groups attached to an aromatic ring is 1. The molecule has 0 aliphatic heterocycles. The van der Waals surface area contributed by atoms with Gasteiger partial charge < -0.3 is 11.5 Å². The average molecular weight is 292 g/mol. The molecule has 6 nitrogen and oxygen atoms in total. The molecule has 0 aliphatic carbocycles. The highest BCUT2D eigenvalue weighted by atomic mass is 35.5. The average Bonchev–Trinajstić information content (AvgIpc) is 2.82. The van der Waals surface area contributed by atoms with E-state index in [-0.39, 0.29) is 22.0 Å². The number of anilines is 1. The molecular weight excluding hydrogens is 278 g/mol. The first-order valence-corrected chi connectivity index (χ1v) is 6.25. The van der Waals surface area contributed by atoms with Crippen LogP contribution in [0.5, 0.6) is 0 Å². The van der Waals surface area contributed by atoms with Crippen LogP contribution in [0.25, 0.3) is 5.69 Å². The van der Waals surface area contributed by atoms with Gasteiger partial charge in [0.1, 0.15) is 17.5 Å². The Labute approximate surface area is 121 Å². The molecule has 0 saturated carbocycles. The maximum Gasteiger partial charge on any atom is 0.250 e. The number of nitrogens with zero attached hydrogens (tertiary/aromatic N) is 3. The van der Waals surface area contributed by atoms with Crippen molar-refractivity contribution in [2.45, 2.75) is 13.8 Å². The van der Waals surface area contributed by atoms with Gasteiger partial charge >= 0.3 is 0 Å². The number of halogens is 1. The first kappa shape index (κ1) is 15.5. The number of hydrogen-bond donors (Lipinski definition) is 2. The number of rotatable bonds is 2. The molecule has 0 atom stereocenters. The van der Waals surface area contributed by atoms with Crippen LogP contribution in [0.4, 0.5) is 5.82 Å². The van der Waals surface area contributed by atoms with Crippen molar-refractivity contribution in [2.75, 3.05) is 5.73 Å². The lowest BCUT2D eigenvalue weighted by atomic mass is 10.2. The molecule has 0 bridgehead atoms. The number of carbonyl (C=O) groups is 1. The van der Waals surface area contributed by atoms with Crippen molar-refractivity contribution in [3.8, 4) is 11.8 Å². The number of nitriles is 1. The van der Waals surface area contributed by atoms with Gasteiger partial charge in [0, 0.05) is 0 Å². The molecule has 2 rings (SSSR count). The lowest BCUT2D eigenvalue weighted by Crippen LogP contribution is -2.12. The Kier molecular flexibility index (Phi) is 5.12. The number of carbonyl (C=O) groups excluding carboxylic acids is 1. The summed E-state index contributed by atoms with van der Waals surface area (Å²) in [5, 5.41) is 13.0. The summed E-state index contributed by atoms with van der Waals surface area (Å²) in [4.78, 5) is 11.2. The molecule has 104 valence electrons. The van der Waals surface area contributed by atoms with Crippen LogP contribution in [0.2, 0.25) is 5.02 Å². The molecular formula is C13H14ClN5O. The molecule has 0 fully saturated rings. The van der Waals surface area contributed by atoms with Crippen molar-refractivity contribution in [2.24, 2.45) is 5.73 Å². The van der Waals surface area contributed by atoms with Crippen molar-refractivity contribution >= 4 is 23.3 Å². The number of hydrogen-bond acceptors (Lipinski definition) is 4. The number of primary amides is 1. The molecule has 1 aromatic carbocycles. The molecule has 1 amide bonds. The highest BCUT2D eigenvalue weighted by Gasteiger charge is 2.12. The third-order valence-electron chi connectivity index (χ3n) is 2.39. The van der Waals surface area contributed by atoms with E-state index in [1.54, 1.807) is 6.07 Å². The molecule has 0 spiro atoms. The van der Waals surface area contributed by atoms with Crippen LogP contribution in [-0.4, -0.2) is 15.7 Å². The fraction of sp³-hybridized carbons (Fsp3) is 0.154. The molecule has 0 radical (unpaired) electrons. The Hall–Kier alpha value is -2.52. The molecule has 4 N–H and O–H groups in total. The van der Waals surface area contributed by atoms with Crippen LogP contribution in [0, 0.1) is 11.3 Å². The van der Waals surface area contributed by atoms with Crippen LogP contribution in [0.3, 0.4) is 0 Å². The van der Waals surface area contributed by atoms with Gasteiger partial charge in [-0.05, 0) is 18.2 Å². The summed E-state index contributed by atoms with van der Waals surface area (Å²) in [7, 11) is 0. The van der Waals surface area contributed by atoms with Gasteiger partial charge in [0.2, 0.25) is 5.91 Å². The second-order valence-corrected chi connectivity index (χ2v) is 3.90. The minimum atomic E-state index is -0.645. The quantitative estimate of drug-likeness (QED) is 0.882. The third-order valence-corrected chi connectivity index (χ3v) is 2.72. The van der Waals surface area contributed by atoms with E-state index in [0.717, 1.165) is 0 Å². The van der Waals surface area contributed by atoms with Crippen molar-refractivity contribution in [1.29, 1.82) is 5.26 Å². The van der Waals surface area contributed by atoms with Crippen LogP contribution < -0.4 is 11.5 Å². The van der Waals surface area contributed by atoms with E-state index in [2.05, 4.69) is 5.10 Å². The van der Waals surface area contributed by atoms with Gasteiger partial charge in [-0.1, -0.05) is 25.4 Å². The Morgan fingerprint density at radius 1 is 1.45 bits per heavy atom. The molecule has 1 aromatic heterocycles. The van der Waals surface area contributed by atoms with Crippen molar-refractivity contribution < 1.29 is 4.79 Å². The van der Waals surface area contributed by atoms with Gasteiger partial charge in [-0.15, -0.1) is 0 Å². The number of nitrogens with two attached hydrogens (primary N) is 2. The van der Waals surface area contributed by atoms with Crippen molar-refractivity contribution in [3.63, 3.8) is 0 Å². The highest BCUT2D eigenvalue weighted by Crippen LogP contribution is 2.22. The summed E-state index contributed by atoms with van der Waals surface area (Å²) < 4.78 is 1.33. The minimum Gasteiger partial charge on any atom is -0.382 e. The molecule has 7 heteroatoms. The van der Waals surface area contributed by atoms with Gasteiger partial charge in [0.05, 0.1) is 22.5 Å². The van der Waals surface area contributed by atoms with Gasteiger partial charge in [-0.2, -0.15) is 10.4 Å². The Balaban J connectivity index is 0.000000956. The first-order valence-electron chi connectivity index (χ1n) is 5.88. The predicted octanol–water partition coefficient (Wildman–Crippen LogP) is 2.10. The summed E-state index contributed by atoms with van der Waals surface area (Å²) in [5.41, 5.74) is 11.9. The zero-order valence-corrected chi connectivity index (χ0v) is 11.8. The molecule has 20 heavy (non-hydrogen) atoms. The van der Waals surface area contributed by atoms with Crippen LogP contribution >= 0.6 is 11.6 Å². The normalized spacial score (nSPS) is 9.30. The smallest absolute Gasteiger partial charge is 0.250 e. The van der Waals surface area contributed by atoms with Gasteiger partial charge in [-0.3, -0.25) is 4.79 Å². The van der Waals surface area contributed by atoms with E-state index in [1.165, 1.54) is 23.0 Å². The molecule has 0 aliphatic rings. The van der Waals surface area contributed by atoms with Gasteiger partial charge in [0.25, 0.3) is 0 Å². The summed E-state index contributed by atoms with van der Waals surface area (Å²) in [5.74, 6) is -0.455. The zero-order chi connectivity index (χ0) is 15.3. The zero-order valence-electron chi connectivity index (χ0n) is 11.1. The van der Waals surface area contributed by atoms with Gasteiger partial charge in [-0.25, -0.2) is 4.68 Å². The van der Waals surface area contributed by atoms with E-state index in [9.17, 15) is 4.79 Å². The topological polar surface area (TPSA) is 111 Å². The van der Waals surface area contributed by atoms with Crippen LogP contribution in [0.1, 0.15) is 29.8 Å². The lowest BCUT2D eigenvalue weighted by molar-refractivity contribution is 0.100. The maximum atomic E-state index is 11.2. The van der Waals surface area contributed by atoms with Crippen molar-refractivity contribution in [3.05, 3.63) is 40.5 Å². The standard InChI is InChI=1S/C11H8ClN5O.C2H6/c12-9-2-1-7(3-8(9)11(15)18)17-10(14)6(4-13)5-16-17;1-2/h1-3,5H,14H2,(H2,15,18);1-2H3. The van der Waals surface area contributed by atoms with E-state index < -0.39 is 5.91 Å². The first-order chi connectivity index (χ1) is 9.54. The van der Waals surface area contributed by atoms with Crippen LogP contribution in [-0.2, 0) is 0 Å². The fourth-order valence-electron chi connectivity index (χ4n) is 1.48. The van der Waals surface area contributed by atoms with E-state index in [1.807, 2.05) is 19.9 Å². The lowest BCUT2D eigenvalue weighted by Gasteiger charge is -2.06. The van der Waals surface area contributed by atoms with E-state index in [0.29, 0.717) is 5.69 Å². The second-order valence-electron chi connectivity index (χ2n) is 3.50. The molecule has 2 aromatic rings. The number of amides is 1. The van der Waals surface area contributed by atoms with Crippen LogP contribution in [0.15, 0.2) is 24.4 Å². The predicted molar refractivity (Wildman–Crippen MR) is 77.6 cm³/mol. The third kappa shape index (κ3) is 2.90. The summed E-state index contributed by atoms with van der Waals surface area (Å²) >= 11 is 5.84. The summed E-state index contributed by atoms with van der Waals surface area (Å²) in [6.45, 7) is 4.00. The monoisotopic (exact) mass is 291 g/mol. The number of benzene rings is 1. The van der Waals surface area contributed by atoms with E-state index >= 15 is 0 Å². The Morgan fingerprint density at radius 3 is 2.60 bits per heavy atom. The highest BCUT2D eigenvalue weighted by molar-refractivity contribution is 6.33. The van der Waals surface area contributed by atoms with Gasteiger partial charge in [0.15, 0.2) is 0 Å². The molecule has 0 unspecified atom stereocenters. The van der Waals surface area contributed by atoms with E-state index in [4.69, 9.17) is 28.3 Å². The fourth-order valence-corrected chi connectivity index (χ4v) is 1.69. The Morgan fingerprint density at radius 2 is 2.10 bits per heavy atom. The summed E-state index contributed by atoms with van der Waals surface area (Å²) in [6, 6.07) is 6.52. The Bertz CT molecular complexity index is 672. The minimum absolute atomic E-state index is 0.169. The SMILES string of the molecule is CC.N#Cc1cnn(-c2ccc(Cl)c(C(N)=O)c2)c1N. The summed E-state index contributed by atoms with van der Waals surface area (Å²) in [6.07, 6.45) is 1.34. The largest absolute Gasteiger partial charge is 0.382 e. The number of aromatic nitrogens is 2.